The van der Waals surface area contributed by atoms with E-state index in [9.17, 15) is 0 Å². The zero-order chi connectivity index (χ0) is 19.1. The van der Waals surface area contributed by atoms with E-state index in [-0.39, 0.29) is 21.1 Å². The Morgan fingerprint density at radius 1 is 0.417 bits per heavy atom. The summed E-state index contributed by atoms with van der Waals surface area (Å²) in [5.41, 5.74) is 0. The minimum Gasteiger partial charge on any atom is -0.307 e. The van der Waals surface area contributed by atoms with Crippen LogP contribution in [0.2, 0.25) is 0 Å². The van der Waals surface area contributed by atoms with Crippen LogP contribution < -0.4 is 0 Å². The molecule has 0 aliphatic heterocycles. The molecule has 0 saturated heterocycles. The van der Waals surface area contributed by atoms with Gasteiger partial charge in [0.2, 0.25) is 0 Å². The van der Waals surface area contributed by atoms with Crippen molar-refractivity contribution < 1.29 is 25.9 Å². The molecule has 154 valence electrons. The van der Waals surface area contributed by atoms with Crippen molar-refractivity contribution >= 4 is 30.6 Å². The SMILES string of the molecule is C=O.CCP(CC)CC.CCP(CC)CC.CCP(CC)CC.[Pt]. The van der Waals surface area contributed by atoms with Gasteiger partial charge in [0.25, 0.3) is 0 Å². The van der Waals surface area contributed by atoms with Crippen LogP contribution in [0.1, 0.15) is 62.3 Å². The van der Waals surface area contributed by atoms with Gasteiger partial charge in [0.05, 0.1) is 0 Å². The molecule has 0 unspecified atom stereocenters. The summed E-state index contributed by atoms with van der Waals surface area (Å²) in [5, 5.41) is 0. The molecule has 1 nitrogen and oxygen atoms in total. The third-order valence-electron chi connectivity index (χ3n) is 4.02. The second kappa shape index (κ2) is 35.7. The second-order valence-corrected chi connectivity index (χ2v) is 14.6. The van der Waals surface area contributed by atoms with Crippen LogP contribution in [0, 0.1) is 0 Å². The van der Waals surface area contributed by atoms with Crippen molar-refractivity contribution in [3.8, 4) is 0 Å². The van der Waals surface area contributed by atoms with E-state index in [4.69, 9.17) is 4.79 Å². The summed E-state index contributed by atoms with van der Waals surface area (Å²) >= 11 is 0. The maximum absolute atomic E-state index is 8.00. The normalized spacial score (nSPS) is 9.17. The summed E-state index contributed by atoms with van der Waals surface area (Å²) < 4.78 is 0. The van der Waals surface area contributed by atoms with Crippen molar-refractivity contribution in [3.05, 3.63) is 0 Å². The fourth-order valence-corrected chi connectivity index (χ4v) is 6.04. The summed E-state index contributed by atoms with van der Waals surface area (Å²) in [4.78, 5) is 8.00. The Hall–Kier alpha value is 1.65. The first-order chi connectivity index (χ1) is 11.0. The van der Waals surface area contributed by atoms with Gasteiger partial charge >= 0.3 is 0 Å². The summed E-state index contributed by atoms with van der Waals surface area (Å²) in [6, 6.07) is 0. The molecule has 0 aromatic heterocycles. The Bertz CT molecular complexity index is 129. The van der Waals surface area contributed by atoms with Crippen molar-refractivity contribution in [2.45, 2.75) is 62.3 Å². The average molecular weight is 580 g/mol. The molecule has 0 amide bonds. The first-order valence-electron chi connectivity index (χ1n) is 9.50. The predicted molar refractivity (Wildman–Crippen MR) is 123 cm³/mol. The van der Waals surface area contributed by atoms with E-state index in [0.717, 1.165) is 0 Å². The van der Waals surface area contributed by atoms with Crippen LogP contribution in [0.5, 0.6) is 0 Å². The molecule has 0 radical (unpaired) electrons. The van der Waals surface area contributed by atoms with Gasteiger partial charge < -0.3 is 4.79 Å². The first kappa shape index (κ1) is 36.5. The van der Waals surface area contributed by atoms with Crippen LogP contribution in [0.4, 0.5) is 0 Å². The van der Waals surface area contributed by atoms with E-state index in [1.165, 1.54) is 55.5 Å². The van der Waals surface area contributed by atoms with Crippen molar-refractivity contribution in [2.75, 3.05) is 55.5 Å². The molecule has 0 rings (SSSR count). The maximum Gasteiger partial charge on any atom is 0.106 e. The van der Waals surface area contributed by atoms with E-state index in [0.29, 0.717) is 23.8 Å². The van der Waals surface area contributed by atoms with Crippen LogP contribution in [0.25, 0.3) is 0 Å². The monoisotopic (exact) mass is 579 g/mol. The van der Waals surface area contributed by atoms with Crippen LogP contribution >= 0.6 is 23.8 Å². The van der Waals surface area contributed by atoms with E-state index < -0.39 is 0 Å². The third kappa shape index (κ3) is 31.4. The van der Waals surface area contributed by atoms with E-state index >= 15 is 0 Å². The minimum absolute atomic E-state index is 0. The van der Waals surface area contributed by atoms with Gasteiger partial charge in [0.15, 0.2) is 0 Å². The molecule has 0 aromatic carbocycles. The number of hydrogen-bond acceptors (Lipinski definition) is 1. The molecule has 0 aromatic rings. The molecule has 0 aliphatic rings. The maximum atomic E-state index is 8.00. The van der Waals surface area contributed by atoms with Gasteiger partial charge in [0, 0.05) is 21.1 Å². The van der Waals surface area contributed by atoms with E-state index in [1.54, 1.807) is 0 Å². The van der Waals surface area contributed by atoms with Crippen LogP contribution in [0.15, 0.2) is 0 Å². The van der Waals surface area contributed by atoms with Crippen LogP contribution in [-0.2, 0) is 25.9 Å². The standard InChI is InChI=1S/3C6H15P.CH2O.Pt/c3*1-4-7(5-2)6-3;1-2;/h3*4-6H2,1-3H3;1H2;. The topological polar surface area (TPSA) is 17.1 Å². The predicted octanol–water partition coefficient (Wildman–Crippen LogP) is 7.40. The number of rotatable bonds is 9. The van der Waals surface area contributed by atoms with Gasteiger partial charge in [0.1, 0.15) is 6.79 Å². The fourth-order valence-electron chi connectivity index (χ4n) is 2.01. The Labute approximate surface area is 173 Å². The molecule has 0 fully saturated rings. The first-order valence-corrected chi connectivity index (χ1v) is 15.2. The Kier molecular flexibility index (Phi) is 54.4. The third-order valence-corrected chi connectivity index (χ3v) is 12.1. The number of carbonyl (C=O) groups is 1. The summed E-state index contributed by atoms with van der Waals surface area (Å²) in [6.07, 6.45) is 12.8. The van der Waals surface area contributed by atoms with Gasteiger partial charge in [-0.1, -0.05) is 62.3 Å². The Balaban J connectivity index is -0.0000000699. The van der Waals surface area contributed by atoms with Crippen LogP contribution in [-0.4, -0.2) is 62.2 Å². The quantitative estimate of drug-likeness (QED) is 0.260. The van der Waals surface area contributed by atoms with E-state index in [2.05, 4.69) is 62.3 Å². The van der Waals surface area contributed by atoms with E-state index in [1.807, 2.05) is 6.79 Å². The van der Waals surface area contributed by atoms with Gasteiger partial charge in [-0.15, -0.1) is 23.8 Å². The fraction of sp³-hybridized carbons (Fsp3) is 0.947. The molecule has 0 atom stereocenters. The van der Waals surface area contributed by atoms with Gasteiger partial charge in [-0.25, -0.2) is 0 Å². The molecule has 24 heavy (non-hydrogen) atoms. The molecule has 0 bridgehead atoms. The van der Waals surface area contributed by atoms with Crippen molar-refractivity contribution in [1.82, 2.24) is 0 Å². The van der Waals surface area contributed by atoms with Gasteiger partial charge in [-0.05, 0) is 55.5 Å². The molecular formula is C19H47OP3Pt. The molecule has 0 spiro atoms. The molecule has 0 heterocycles. The molecule has 0 N–H and O–H groups in total. The number of carbonyl (C=O) groups excluding carboxylic acids is 1. The average Bonchev–Trinajstić information content (AvgIpc) is 2.62. The Morgan fingerprint density at radius 3 is 0.500 bits per heavy atom. The molecule has 0 aliphatic carbocycles. The van der Waals surface area contributed by atoms with Crippen molar-refractivity contribution in [3.63, 3.8) is 0 Å². The van der Waals surface area contributed by atoms with Crippen molar-refractivity contribution in [2.24, 2.45) is 0 Å². The summed E-state index contributed by atoms with van der Waals surface area (Å²) in [5.74, 6) is 0. The largest absolute Gasteiger partial charge is 0.307 e. The van der Waals surface area contributed by atoms with Gasteiger partial charge in [-0.3, -0.25) is 0 Å². The van der Waals surface area contributed by atoms with Crippen molar-refractivity contribution in [1.29, 1.82) is 0 Å². The molecule has 5 heteroatoms. The smallest absolute Gasteiger partial charge is 0.106 e. The second-order valence-electron chi connectivity index (χ2n) is 4.86. The van der Waals surface area contributed by atoms with Crippen LogP contribution in [0.3, 0.4) is 0 Å². The zero-order valence-corrected chi connectivity index (χ0v) is 23.1. The summed E-state index contributed by atoms with van der Waals surface area (Å²) in [7, 11) is 1.34. The Morgan fingerprint density at radius 2 is 0.500 bits per heavy atom. The number of hydrogen-bond donors (Lipinski definition) is 0. The van der Waals surface area contributed by atoms with Gasteiger partial charge in [-0.2, -0.15) is 0 Å². The molecule has 0 saturated carbocycles. The molecular weight excluding hydrogens is 532 g/mol. The summed E-state index contributed by atoms with van der Waals surface area (Å²) in [6.45, 7) is 22.6. The zero-order valence-electron chi connectivity index (χ0n) is 18.1. The minimum atomic E-state index is 0.